The maximum Gasteiger partial charge on any atom is 0.315 e. The highest BCUT2D eigenvalue weighted by atomic mass is 16.3. The van der Waals surface area contributed by atoms with Crippen molar-refractivity contribution in [3.05, 3.63) is 35.9 Å². The number of hydrogen-bond acceptors (Lipinski definition) is 2. The molecule has 4 heteroatoms. The number of benzene rings is 1. The first-order chi connectivity index (χ1) is 8.11. The molecule has 1 atom stereocenters. The summed E-state index contributed by atoms with van der Waals surface area (Å²) in [6.45, 7) is 3.72. The average Bonchev–Trinajstić information content (AvgIpc) is 2.28. The molecular weight excluding hydrogens is 216 g/mol. The van der Waals surface area contributed by atoms with Crippen LogP contribution in [0.1, 0.15) is 19.4 Å². The highest BCUT2D eigenvalue weighted by molar-refractivity contribution is 5.74. The van der Waals surface area contributed by atoms with Crippen LogP contribution in [0.15, 0.2) is 30.3 Å². The predicted molar refractivity (Wildman–Crippen MR) is 67.8 cm³/mol. The fourth-order valence-electron chi connectivity index (χ4n) is 1.55. The van der Waals surface area contributed by atoms with Crippen molar-refractivity contribution in [1.29, 1.82) is 0 Å². The molecular formula is C13H20N2O2. The van der Waals surface area contributed by atoms with Crippen LogP contribution in [-0.2, 0) is 6.42 Å². The number of aliphatic hydroxyl groups excluding tert-OH is 1. The van der Waals surface area contributed by atoms with Crippen molar-refractivity contribution in [2.75, 3.05) is 6.61 Å². The van der Waals surface area contributed by atoms with Gasteiger partial charge in [-0.05, 0) is 25.8 Å². The van der Waals surface area contributed by atoms with E-state index in [1.807, 2.05) is 44.2 Å². The van der Waals surface area contributed by atoms with E-state index in [9.17, 15) is 9.90 Å². The molecule has 0 radical (unpaired) electrons. The molecule has 0 saturated carbocycles. The molecule has 94 valence electrons. The quantitative estimate of drug-likeness (QED) is 0.721. The van der Waals surface area contributed by atoms with Crippen LogP contribution in [0.4, 0.5) is 4.79 Å². The first-order valence-corrected chi connectivity index (χ1v) is 5.83. The van der Waals surface area contributed by atoms with E-state index in [0.717, 1.165) is 5.56 Å². The minimum Gasteiger partial charge on any atom is -0.394 e. The summed E-state index contributed by atoms with van der Waals surface area (Å²) in [7, 11) is 0. The van der Waals surface area contributed by atoms with Crippen LogP contribution < -0.4 is 10.6 Å². The molecule has 2 amide bonds. The van der Waals surface area contributed by atoms with Gasteiger partial charge in [0.25, 0.3) is 0 Å². The zero-order valence-corrected chi connectivity index (χ0v) is 10.3. The van der Waals surface area contributed by atoms with Crippen molar-refractivity contribution >= 4 is 6.03 Å². The van der Waals surface area contributed by atoms with Gasteiger partial charge in [0.05, 0.1) is 12.6 Å². The number of urea groups is 1. The molecule has 17 heavy (non-hydrogen) atoms. The molecule has 0 bridgehead atoms. The zero-order chi connectivity index (χ0) is 12.7. The van der Waals surface area contributed by atoms with E-state index in [0.29, 0.717) is 6.42 Å². The second-order valence-electron chi connectivity index (χ2n) is 4.34. The van der Waals surface area contributed by atoms with Crippen molar-refractivity contribution in [2.24, 2.45) is 0 Å². The molecule has 0 saturated heterocycles. The minimum absolute atomic E-state index is 0.0690. The molecule has 1 aromatic carbocycles. The Morgan fingerprint density at radius 3 is 2.41 bits per heavy atom. The number of rotatable bonds is 5. The van der Waals surface area contributed by atoms with Crippen LogP contribution in [0.5, 0.6) is 0 Å². The van der Waals surface area contributed by atoms with E-state index < -0.39 is 0 Å². The Morgan fingerprint density at radius 1 is 1.24 bits per heavy atom. The SMILES string of the molecule is CC(C)NC(=O)N[C@@H](CO)Cc1ccccc1. The molecule has 0 aliphatic heterocycles. The van der Waals surface area contributed by atoms with Gasteiger partial charge in [-0.2, -0.15) is 0 Å². The van der Waals surface area contributed by atoms with Gasteiger partial charge in [0.1, 0.15) is 0 Å². The largest absolute Gasteiger partial charge is 0.394 e. The van der Waals surface area contributed by atoms with E-state index in [1.54, 1.807) is 0 Å². The third-order valence-electron chi connectivity index (χ3n) is 2.30. The smallest absolute Gasteiger partial charge is 0.315 e. The molecule has 0 heterocycles. The van der Waals surface area contributed by atoms with Crippen LogP contribution in [0.2, 0.25) is 0 Å². The van der Waals surface area contributed by atoms with Gasteiger partial charge < -0.3 is 15.7 Å². The first kappa shape index (κ1) is 13.5. The van der Waals surface area contributed by atoms with Gasteiger partial charge >= 0.3 is 6.03 Å². The van der Waals surface area contributed by atoms with Crippen LogP contribution >= 0.6 is 0 Å². The molecule has 1 aromatic rings. The Hall–Kier alpha value is -1.55. The van der Waals surface area contributed by atoms with E-state index in [4.69, 9.17) is 0 Å². The topological polar surface area (TPSA) is 61.4 Å². The van der Waals surface area contributed by atoms with Crippen LogP contribution in [0, 0.1) is 0 Å². The van der Waals surface area contributed by atoms with E-state index in [1.165, 1.54) is 0 Å². The van der Waals surface area contributed by atoms with Crippen molar-refractivity contribution < 1.29 is 9.90 Å². The molecule has 0 aliphatic rings. The lowest BCUT2D eigenvalue weighted by Gasteiger charge is -2.18. The van der Waals surface area contributed by atoms with Gasteiger partial charge in [-0.15, -0.1) is 0 Å². The lowest BCUT2D eigenvalue weighted by Crippen LogP contribution is -2.46. The maximum absolute atomic E-state index is 11.5. The Morgan fingerprint density at radius 2 is 1.88 bits per heavy atom. The Balaban J connectivity index is 2.46. The average molecular weight is 236 g/mol. The van der Waals surface area contributed by atoms with E-state index >= 15 is 0 Å². The number of carbonyl (C=O) groups is 1. The highest BCUT2D eigenvalue weighted by Gasteiger charge is 2.12. The second-order valence-corrected chi connectivity index (χ2v) is 4.34. The summed E-state index contributed by atoms with van der Waals surface area (Å²) in [5, 5.41) is 14.7. The molecule has 3 N–H and O–H groups in total. The van der Waals surface area contributed by atoms with Gasteiger partial charge in [0, 0.05) is 6.04 Å². The van der Waals surface area contributed by atoms with E-state index in [-0.39, 0.29) is 24.7 Å². The lowest BCUT2D eigenvalue weighted by molar-refractivity contribution is 0.214. The van der Waals surface area contributed by atoms with Gasteiger partial charge in [-0.25, -0.2) is 4.79 Å². The minimum atomic E-state index is -0.254. The Kier molecular flexibility index (Phi) is 5.49. The molecule has 0 spiro atoms. The van der Waals surface area contributed by atoms with Crippen molar-refractivity contribution in [3.63, 3.8) is 0 Å². The molecule has 4 nitrogen and oxygen atoms in total. The monoisotopic (exact) mass is 236 g/mol. The summed E-state index contributed by atoms with van der Waals surface area (Å²) in [4.78, 5) is 11.5. The summed E-state index contributed by atoms with van der Waals surface area (Å²) in [5.74, 6) is 0. The number of nitrogens with one attached hydrogen (secondary N) is 2. The standard InChI is InChI=1S/C13H20N2O2/c1-10(2)14-13(17)15-12(9-16)8-11-6-4-3-5-7-11/h3-7,10,12,16H,8-9H2,1-2H3,(H2,14,15,17)/t12-/m1/s1. The normalized spacial score (nSPS) is 12.2. The molecule has 1 rings (SSSR count). The summed E-state index contributed by atoms with van der Waals surface area (Å²) >= 11 is 0. The number of aliphatic hydroxyl groups is 1. The molecule has 0 fully saturated rings. The number of carbonyl (C=O) groups excluding carboxylic acids is 1. The third-order valence-corrected chi connectivity index (χ3v) is 2.30. The Labute approximate surface area is 102 Å². The van der Waals surface area contributed by atoms with Gasteiger partial charge in [0.2, 0.25) is 0 Å². The maximum atomic E-state index is 11.5. The first-order valence-electron chi connectivity index (χ1n) is 5.83. The number of amides is 2. The summed E-state index contributed by atoms with van der Waals surface area (Å²) < 4.78 is 0. The number of hydrogen-bond donors (Lipinski definition) is 3. The van der Waals surface area contributed by atoms with Crippen molar-refractivity contribution in [1.82, 2.24) is 10.6 Å². The summed E-state index contributed by atoms with van der Waals surface area (Å²) in [6, 6.07) is 9.37. The van der Waals surface area contributed by atoms with Gasteiger partial charge in [-0.1, -0.05) is 30.3 Å². The van der Waals surface area contributed by atoms with Crippen molar-refractivity contribution in [2.45, 2.75) is 32.4 Å². The fraction of sp³-hybridized carbons (Fsp3) is 0.462. The summed E-state index contributed by atoms with van der Waals surface area (Å²) in [5.41, 5.74) is 1.09. The molecule has 0 aromatic heterocycles. The second kappa shape index (κ2) is 6.91. The van der Waals surface area contributed by atoms with Gasteiger partial charge in [0.15, 0.2) is 0 Å². The molecule has 0 unspecified atom stereocenters. The molecule has 0 aliphatic carbocycles. The lowest BCUT2D eigenvalue weighted by atomic mass is 10.1. The Bertz CT molecular complexity index is 339. The van der Waals surface area contributed by atoms with Crippen LogP contribution in [0.25, 0.3) is 0 Å². The predicted octanol–water partition coefficient (Wildman–Crippen LogP) is 1.30. The summed E-state index contributed by atoms with van der Waals surface area (Å²) in [6.07, 6.45) is 0.628. The fourth-order valence-corrected chi connectivity index (χ4v) is 1.55. The third kappa shape index (κ3) is 5.36. The van der Waals surface area contributed by atoms with Gasteiger partial charge in [-0.3, -0.25) is 0 Å². The van der Waals surface area contributed by atoms with Crippen LogP contribution in [-0.4, -0.2) is 29.8 Å². The van der Waals surface area contributed by atoms with Crippen LogP contribution in [0.3, 0.4) is 0 Å². The highest BCUT2D eigenvalue weighted by Crippen LogP contribution is 2.02. The van der Waals surface area contributed by atoms with E-state index in [2.05, 4.69) is 10.6 Å². The van der Waals surface area contributed by atoms with Crippen molar-refractivity contribution in [3.8, 4) is 0 Å². The zero-order valence-electron chi connectivity index (χ0n) is 10.3.